The number of aromatic nitrogens is 3. The van der Waals surface area contributed by atoms with Crippen LogP contribution in [0.2, 0.25) is 0 Å². The second-order valence-electron chi connectivity index (χ2n) is 12.0. The predicted octanol–water partition coefficient (Wildman–Crippen LogP) is 3.27. The van der Waals surface area contributed by atoms with E-state index in [4.69, 9.17) is 24.9 Å². The highest BCUT2D eigenvalue weighted by Gasteiger charge is 2.46. The SMILES string of the molecule is CN1CC2CC(C1)N2c1nc(OC[C@H]2CN(C)CCO2)nc2c(F)c(-c3ncc(F)c4sc(N)c(C#N)c34)c3c(c12)COC3. The summed E-state index contributed by atoms with van der Waals surface area (Å²) < 4.78 is 50.1. The van der Waals surface area contributed by atoms with Gasteiger partial charge < -0.3 is 34.6 Å². The molecular formula is C30H30F2N8O3S. The summed E-state index contributed by atoms with van der Waals surface area (Å²) in [5.74, 6) is -0.646. The lowest BCUT2D eigenvalue weighted by Crippen LogP contribution is -2.68. The number of ether oxygens (including phenoxy) is 3. The first-order valence-corrected chi connectivity index (χ1v) is 15.4. The quantitative estimate of drug-likeness (QED) is 0.353. The van der Waals surface area contributed by atoms with Crippen LogP contribution in [0.15, 0.2) is 6.20 Å². The van der Waals surface area contributed by atoms with Crippen LogP contribution < -0.4 is 15.4 Å². The topological polar surface area (TPSA) is 126 Å². The average Bonchev–Trinajstić information content (AvgIpc) is 3.61. The molecule has 1 aromatic carbocycles. The Morgan fingerprint density at radius 3 is 2.68 bits per heavy atom. The second-order valence-corrected chi connectivity index (χ2v) is 13.1. The maximum atomic E-state index is 17.1. The number of likely N-dealkylation sites (N-methyl/N-ethyl adjacent to an activating group) is 2. The van der Waals surface area contributed by atoms with Gasteiger partial charge in [-0.25, -0.2) is 8.78 Å². The van der Waals surface area contributed by atoms with Crippen molar-refractivity contribution >= 4 is 43.1 Å². The smallest absolute Gasteiger partial charge is 0.319 e. The van der Waals surface area contributed by atoms with Gasteiger partial charge >= 0.3 is 6.01 Å². The maximum absolute atomic E-state index is 17.1. The van der Waals surface area contributed by atoms with Gasteiger partial charge in [0, 0.05) is 49.2 Å². The number of nitriles is 1. The minimum absolute atomic E-state index is 0.0565. The molecule has 228 valence electrons. The standard InChI is InChI=1S/C30H30F2N8O3S/c1-38-3-4-42-16(10-38)11-43-30-36-26-23(29(37-30)40-14-5-15(40)9-39(2)8-14)19-13-41-12-18(19)21(24(26)32)25-22-17(6-33)28(34)44-27(22)20(31)7-35-25/h7,14-16H,3-5,8-13,34H2,1-2H3/t14?,15?,16-/m1/s1. The molecule has 4 saturated heterocycles. The molecule has 2 unspecified atom stereocenters. The number of thiophene rings is 1. The number of benzene rings is 1. The number of nitrogens with two attached hydrogens (primary N) is 1. The number of anilines is 2. The highest BCUT2D eigenvalue weighted by atomic mass is 32.1. The van der Waals surface area contributed by atoms with Crippen molar-refractivity contribution in [2.24, 2.45) is 0 Å². The lowest BCUT2D eigenvalue weighted by Gasteiger charge is -2.56. The van der Waals surface area contributed by atoms with Crippen LogP contribution in [0.5, 0.6) is 6.01 Å². The van der Waals surface area contributed by atoms with Gasteiger partial charge in [-0.15, -0.1) is 11.3 Å². The zero-order valence-electron chi connectivity index (χ0n) is 24.3. The summed E-state index contributed by atoms with van der Waals surface area (Å²) in [7, 11) is 4.13. The second kappa shape index (κ2) is 10.4. The maximum Gasteiger partial charge on any atom is 0.319 e. The van der Waals surface area contributed by atoms with Crippen LogP contribution in [0.25, 0.3) is 32.2 Å². The van der Waals surface area contributed by atoms with E-state index in [1.807, 2.05) is 7.05 Å². The molecule has 5 aliphatic rings. The summed E-state index contributed by atoms with van der Waals surface area (Å²) in [5, 5.41) is 10.8. The molecule has 4 aromatic rings. The minimum atomic E-state index is -0.650. The summed E-state index contributed by atoms with van der Waals surface area (Å²) in [4.78, 5) is 20.6. The highest BCUT2D eigenvalue weighted by Crippen LogP contribution is 2.48. The van der Waals surface area contributed by atoms with Crippen LogP contribution in [0.1, 0.15) is 23.1 Å². The van der Waals surface area contributed by atoms with E-state index in [0.717, 1.165) is 49.2 Å². The van der Waals surface area contributed by atoms with Crippen molar-refractivity contribution in [3.05, 3.63) is 34.5 Å². The van der Waals surface area contributed by atoms with Gasteiger partial charge in [-0.05, 0) is 31.6 Å². The van der Waals surface area contributed by atoms with Gasteiger partial charge in [-0.2, -0.15) is 15.2 Å². The van der Waals surface area contributed by atoms with E-state index in [2.05, 4.69) is 37.8 Å². The molecule has 2 bridgehead atoms. The van der Waals surface area contributed by atoms with E-state index in [1.165, 1.54) is 0 Å². The normalized spacial score (nSPS) is 23.6. The van der Waals surface area contributed by atoms with Gasteiger partial charge in [-0.3, -0.25) is 4.98 Å². The fourth-order valence-corrected chi connectivity index (χ4v) is 8.10. The zero-order valence-corrected chi connectivity index (χ0v) is 25.1. The number of hydrogen-bond acceptors (Lipinski definition) is 12. The van der Waals surface area contributed by atoms with Crippen LogP contribution in [0.4, 0.5) is 19.6 Å². The summed E-state index contributed by atoms with van der Waals surface area (Å²) in [6.45, 7) is 4.44. The molecule has 44 heavy (non-hydrogen) atoms. The Labute approximate surface area is 255 Å². The van der Waals surface area contributed by atoms with Gasteiger partial charge in [0.05, 0.1) is 47.4 Å². The number of pyridine rings is 1. The molecule has 5 aliphatic heterocycles. The number of piperazine rings is 1. The molecule has 14 heteroatoms. The van der Waals surface area contributed by atoms with Crippen LogP contribution in [-0.4, -0.2) is 96.4 Å². The van der Waals surface area contributed by atoms with Crippen LogP contribution in [0, 0.1) is 23.0 Å². The third-order valence-corrected chi connectivity index (χ3v) is 10.2. The van der Waals surface area contributed by atoms with Crippen molar-refractivity contribution in [3.63, 3.8) is 0 Å². The molecule has 11 nitrogen and oxygen atoms in total. The Kier molecular flexibility index (Phi) is 6.58. The van der Waals surface area contributed by atoms with E-state index >= 15 is 4.39 Å². The van der Waals surface area contributed by atoms with Crippen molar-refractivity contribution in [2.75, 3.05) is 64.1 Å². The molecule has 8 heterocycles. The number of nitrogens with zero attached hydrogens (tertiary/aromatic N) is 7. The van der Waals surface area contributed by atoms with Gasteiger partial charge in [-0.1, -0.05) is 0 Å². The molecule has 0 amide bonds. The summed E-state index contributed by atoms with van der Waals surface area (Å²) in [6.07, 6.45) is 1.90. The monoisotopic (exact) mass is 620 g/mol. The van der Waals surface area contributed by atoms with Crippen LogP contribution >= 0.6 is 11.3 Å². The number of piperidine rings is 1. The minimum Gasteiger partial charge on any atom is -0.461 e. The molecule has 0 saturated carbocycles. The lowest BCUT2D eigenvalue weighted by atomic mass is 9.86. The molecule has 0 aliphatic carbocycles. The molecular weight excluding hydrogens is 590 g/mol. The van der Waals surface area contributed by atoms with Crippen molar-refractivity contribution in [1.29, 1.82) is 5.26 Å². The molecule has 9 rings (SSSR count). The summed E-state index contributed by atoms with van der Waals surface area (Å²) >= 11 is 0.946. The third-order valence-electron chi connectivity index (χ3n) is 9.16. The zero-order chi connectivity index (χ0) is 30.3. The Hall–Kier alpha value is -3.74. The predicted molar refractivity (Wildman–Crippen MR) is 161 cm³/mol. The fraction of sp³-hybridized carbons (Fsp3) is 0.467. The molecule has 0 radical (unpaired) electrons. The molecule has 3 aromatic heterocycles. The summed E-state index contributed by atoms with van der Waals surface area (Å²) in [5.41, 5.74) is 7.85. The first-order chi connectivity index (χ1) is 21.3. The van der Waals surface area contributed by atoms with E-state index < -0.39 is 11.6 Å². The largest absolute Gasteiger partial charge is 0.461 e. The Morgan fingerprint density at radius 2 is 1.91 bits per heavy atom. The third kappa shape index (κ3) is 4.21. The fourth-order valence-electron chi connectivity index (χ4n) is 7.18. The van der Waals surface area contributed by atoms with Crippen molar-refractivity contribution < 1.29 is 23.0 Å². The van der Waals surface area contributed by atoms with E-state index in [9.17, 15) is 9.65 Å². The van der Waals surface area contributed by atoms with E-state index in [-0.39, 0.29) is 81.4 Å². The van der Waals surface area contributed by atoms with Crippen molar-refractivity contribution in [3.8, 4) is 23.3 Å². The summed E-state index contributed by atoms with van der Waals surface area (Å²) in [6, 6.07) is 2.57. The van der Waals surface area contributed by atoms with Gasteiger partial charge in [0.1, 0.15) is 35.1 Å². The number of rotatable bonds is 5. The molecule has 2 N–H and O–H groups in total. The Morgan fingerprint density at radius 1 is 1.11 bits per heavy atom. The van der Waals surface area contributed by atoms with Gasteiger partial charge in [0.15, 0.2) is 11.6 Å². The Bertz CT molecular complexity index is 1870. The number of hydrogen-bond donors (Lipinski definition) is 1. The molecule has 3 atom stereocenters. The molecule has 4 fully saturated rings. The van der Waals surface area contributed by atoms with Gasteiger partial charge in [0.25, 0.3) is 0 Å². The number of morpholine rings is 1. The van der Waals surface area contributed by atoms with E-state index in [0.29, 0.717) is 29.9 Å². The van der Waals surface area contributed by atoms with Crippen molar-refractivity contribution in [1.82, 2.24) is 24.8 Å². The van der Waals surface area contributed by atoms with Gasteiger partial charge in [0.2, 0.25) is 0 Å². The van der Waals surface area contributed by atoms with E-state index in [1.54, 1.807) is 0 Å². The first kappa shape index (κ1) is 27.8. The molecule has 0 spiro atoms. The Balaban J connectivity index is 1.34. The number of nitrogen functional groups attached to an aromatic ring is 1. The number of halogens is 2. The average molecular weight is 621 g/mol. The lowest BCUT2D eigenvalue weighted by molar-refractivity contribution is -0.0416. The van der Waals surface area contributed by atoms with Crippen LogP contribution in [-0.2, 0) is 22.7 Å². The van der Waals surface area contributed by atoms with Crippen molar-refractivity contribution in [2.45, 2.75) is 37.8 Å². The first-order valence-electron chi connectivity index (χ1n) is 14.6. The number of fused-ring (bicyclic) bond motifs is 6. The van der Waals surface area contributed by atoms with Crippen LogP contribution in [0.3, 0.4) is 0 Å². The highest BCUT2D eigenvalue weighted by molar-refractivity contribution is 7.23.